The molecule has 1 aromatic rings. The Balaban J connectivity index is 2.74. The maximum atomic E-state index is 12.1. The normalized spacial score (nSPS) is 12.0. The largest absolute Gasteiger partial charge is 0.324 e. The number of nitrogens with zero attached hydrogens (tertiary/aromatic N) is 2. The van der Waals surface area contributed by atoms with Gasteiger partial charge in [-0.2, -0.15) is 4.31 Å². The summed E-state index contributed by atoms with van der Waals surface area (Å²) in [4.78, 5) is 14.0. The van der Waals surface area contributed by atoms with Crippen molar-refractivity contribution in [2.24, 2.45) is 0 Å². The average Bonchev–Trinajstić information content (AvgIpc) is 2.36. The Morgan fingerprint density at radius 2 is 1.91 bits per heavy atom. The van der Waals surface area contributed by atoms with Crippen molar-refractivity contribution in [3.8, 4) is 0 Å². The zero-order chi connectivity index (χ0) is 16.9. The summed E-state index contributed by atoms with van der Waals surface area (Å²) < 4.78 is 25.5. The Morgan fingerprint density at radius 1 is 1.27 bits per heavy atom. The molecule has 0 saturated heterocycles. The fraction of sp³-hybridized carbons (Fsp3) is 0.500. The van der Waals surface area contributed by atoms with Gasteiger partial charge >= 0.3 is 0 Å². The van der Waals surface area contributed by atoms with Gasteiger partial charge in [-0.3, -0.25) is 4.79 Å². The average molecular weight is 392 g/mol. The SMILES string of the molecule is Cc1ccc(NC(=O)CN(CCN(C)C)S(C)(=O)=O)c(Br)c1. The number of hydrogen-bond acceptors (Lipinski definition) is 4. The number of halogens is 1. The van der Waals surface area contributed by atoms with E-state index >= 15 is 0 Å². The lowest BCUT2D eigenvalue weighted by Gasteiger charge is -2.21. The van der Waals surface area contributed by atoms with Crippen LogP contribution in [0, 0.1) is 6.92 Å². The fourth-order valence-electron chi connectivity index (χ4n) is 1.75. The summed E-state index contributed by atoms with van der Waals surface area (Å²) in [6, 6.07) is 5.54. The van der Waals surface area contributed by atoms with Gasteiger partial charge in [0.2, 0.25) is 15.9 Å². The molecule has 0 fully saturated rings. The monoisotopic (exact) mass is 391 g/mol. The zero-order valence-corrected chi connectivity index (χ0v) is 15.7. The van der Waals surface area contributed by atoms with Crippen LogP contribution in [0.3, 0.4) is 0 Å². The molecule has 0 unspecified atom stereocenters. The molecule has 0 spiro atoms. The Morgan fingerprint density at radius 3 is 2.41 bits per heavy atom. The lowest BCUT2D eigenvalue weighted by molar-refractivity contribution is -0.116. The van der Waals surface area contributed by atoms with Gasteiger partial charge in [0.15, 0.2) is 0 Å². The number of nitrogens with one attached hydrogen (secondary N) is 1. The summed E-state index contributed by atoms with van der Waals surface area (Å²) in [5.41, 5.74) is 1.69. The summed E-state index contributed by atoms with van der Waals surface area (Å²) >= 11 is 3.38. The van der Waals surface area contributed by atoms with Crippen LogP contribution in [0.5, 0.6) is 0 Å². The molecule has 0 atom stereocenters. The van der Waals surface area contributed by atoms with Gasteiger partial charge in [-0.05, 0) is 54.6 Å². The number of anilines is 1. The van der Waals surface area contributed by atoms with Crippen LogP contribution in [-0.2, 0) is 14.8 Å². The van der Waals surface area contributed by atoms with Gasteiger partial charge in [-0.1, -0.05) is 6.07 Å². The molecular formula is C14H22BrN3O3S. The minimum absolute atomic E-state index is 0.201. The number of amides is 1. The van der Waals surface area contributed by atoms with Gasteiger partial charge in [0, 0.05) is 17.6 Å². The lowest BCUT2D eigenvalue weighted by Crippen LogP contribution is -2.41. The van der Waals surface area contributed by atoms with Crippen LogP contribution in [0.25, 0.3) is 0 Å². The van der Waals surface area contributed by atoms with Gasteiger partial charge in [-0.15, -0.1) is 0 Å². The number of benzene rings is 1. The van der Waals surface area contributed by atoms with Crippen molar-refractivity contribution in [1.82, 2.24) is 9.21 Å². The highest BCUT2D eigenvalue weighted by Gasteiger charge is 2.20. The minimum Gasteiger partial charge on any atom is -0.324 e. The molecule has 0 saturated carbocycles. The molecule has 0 aliphatic carbocycles. The smallest absolute Gasteiger partial charge is 0.239 e. The molecule has 1 rings (SSSR count). The van der Waals surface area contributed by atoms with Crippen LogP contribution < -0.4 is 5.32 Å². The predicted octanol–water partition coefficient (Wildman–Crippen LogP) is 1.52. The van der Waals surface area contributed by atoms with Gasteiger partial charge < -0.3 is 10.2 Å². The van der Waals surface area contributed by atoms with Gasteiger partial charge in [0.1, 0.15) is 0 Å². The van der Waals surface area contributed by atoms with E-state index in [1.807, 2.05) is 38.1 Å². The Bertz CT molecular complexity index is 632. The van der Waals surface area contributed by atoms with E-state index in [2.05, 4.69) is 21.2 Å². The zero-order valence-electron chi connectivity index (χ0n) is 13.3. The van der Waals surface area contributed by atoms with Crippen molar-refractivity contribution in [2.45, 2.75) is 6.92 Å². The fourth-order valence-corrected chi connectivity index (χ4v) is 3.10. The third-order valence-electron chi connectivity index (χ3n) is 2.98. The van der Waals surface area contributed by atoms with E-state index in [4.69, 9.17) is 0 Å². The van der Waals surface area contributed by atoms with E-state index in [-0.39, 0.29) is 19.0 Å². The van der Waals surface area contributed by atoms with Gasteiger partial charge in [-0.25, -0.2) is 8.42 Å². The van der Waals surface area contributed by atoms with E-state index in [1.54, 1.807) is 6.07 Å². The second kappa shape index (κ2) is 8.05. The summed E-state index contributed by atoms with van der Waals surface area (Å²) in [6.07, 6.45) is 1.11. The number of carbonyl (C=O) groups is 1. The van der Waals surface area contributed by atoms with Crippen LogP contribution in [-0.4, -0.2) is 63.5 Å². The van der Waals surface area contributed by atoms with Gasteiger partial charge in [0.05, 0.1) is 18.5 Å². The number of likely N-dealkylation sites (N-methyl/N-ethyl adjacent to an activating group) is 1. The molecule has 0 bridgehead atoms. The van der Waals surface area contributed by atoms with Crippen molar-refractivity contribution in [2.75, 3.05) is 45.3 Å². The quantitative estimate of drug-likeness (QED) is 0.764. The number of carbonyl (C=O) groups excluding carboxylic acids is 1. The molecule has 0 aromatic heterocycles. The molecule has 1 N–H and O–H groups in total. The van der Waals surface area contributed by atoms with Crippen molar-refractivity contribution < 1.29 is 13.2 Å². The molecule has 0 aliphatic rings. The molecule has 124 valence electrons. The van der Waals surface area contributed by atoms with E-state index in [0.29, 0.717) is 12.2 Å². The highest BCUT2D eigenvalue weighted by Crippen LogP contribution is 2.23. The van der Waals surface area contributed by atoms with Crippen molar-refractivity contribution >= 4 is 37.5 Å². The first-order valence-electron chi connectivity index (χ1n) is 6.75. The summed E-state index contributed by atoms with van der Waals surface area (Å²) in [5, 5.41) is 2.72. The highest BCUT2D eigenvalue weighted by atomic mass is 79.9. The summed E-state index contributed by atoms with van der Waals surface area (Å²) in [7, 11) is 0.272. The van der Waals surface area contributed by atoms with E-state index in [0.717, 1.165) is 16.3 Å². The molecule has 0 aliphatic heterocycles. The maximum Gasteiger partial charge on any atom is 0.239 e. The topological polar surface area (TPSA) is 69.7 Å². The second-order valence-electron chi connectivity index (χ2n) is 5.43. The first kappa shape index (κ1) is 19.1. The molecule has 0 radical (unpaired) electrons. The number of sulfonamides is 1. The Labute approximate surface area is 140 Å². The van der Waals surface area contributed by atoms with E-state index < -0.39 is 10.0 Å². The molecule has 1 aromatic carbocycles. The third-order valence-corrected chi connectivity index (χ3v) is 4.89. The molecule has 6 nitrogen and oxygen atoms in total. The van der Waals surface area contributed by atoms with Crippen LogP contribution in [0.15, 0.2) is 22.7 Å². The first-order valence-corrected chi connectivity index (χ1v) is 9.39. The standard InChI is InChI=1S/C14H22BrN3O3S/c1-11-5-6-13(12(15)9-11)16-14(19)10-18(22(4,20)21)8-7-17(2)3/h5-6,9H,7-8,10H2,1-4H3,(H,16,19). The summed E-state index contributed by atoms with van der Waals surface area (Å²) in [5.74, 6) is -0.367. The van der Waals surface area contributed by atoms with Crippen molar-refractivity contribution in [3.05, 3.63) is 28.2 Å². The number of rotatable bonds is 7. The van der Waals surface area contributed by atoms with Crippen LogP contribution in [0.2, 0.25) is 0 Å². The van der Waals surface area contributed by atoms with Crippen molar-refractivity contribution in [3.63, 3.8) is 0 Å². The maximum absolute atomic E-state index is 12.1. The molecule has 1 amide bonds. The minimum atomic E-state index is -3.43. The third kappa shape index (κ3) is 6.43. The van der Waals surface area contributed by atoms with Crippen LogP contribution >= 0.6 is 15.9 Å². The number of hydrogen-bond donors (Lipinski definition) is 1. The molecule has 22 heavy (non-hydrogen) atoms. The first-order chi connectivity index (χ1) is 10.1. The number of aryl methyl sites for hydroxylation is 1. The van der Waals surface area contributed by atoms with E-state index in [1.165, 1.54) is 4.31 Å². The van der Waals surface area contributed by atoms with Crippen molar-refractivity contribution in [1.29, 1.82) is 0 Å². The summed E-state index contributed by atoms with van der Waals surface area (Å²) in [6.45, 7) is 2.57. The second-order valence-corrected chi connectivity index (χ2v) is 8.27. The highest BCUT2D eigenvalue weighted by molar-refractivity contribution is 9.10. The lowest BCUT2D eigenvalue weighted by atomic mass is 10.2. The van der Waals surface area contributed by atoms with E-state index in [9.17, 15) is 13.2 Å². The Hall–Kier alpha value is -0.960. The predicted molar refractivity (Wildman–Crippen MR) is 92.5 cm³/mol. The molecular weight excluding hydrogens is 370 g/mol. The van der Waals surface area contributed by atoms with Crippen LogP contribution in [0.4, 0.5) is 5.69 Å². The molecule has 8 heteroatoms. The van der Waals surface area contributed by atoms with Gasteiger partial charge in [0.25, 0.3) is 0 Å². The van der Waals surface area contributed by atoms with Crippen LogP contribution in [0.1, 0.15) is 5.56 Å². The molecule has 0 heterocycles. The Kier molecular flexibility index (Phi) is 6.98.